The zero-order valence-electron chi connectivity index (χ0n) is 17.9. The van der Waals surface area contributed by atoms with Gasteiger partial charge in [0.1, 0.15) is 5.75 Å². The van der Waals surface area contributed by atoms with E-state index in [0.29, 0.717) is 18.1 Å². The van der Waals surface area contributed by atoms with Crippen LogP contribution in [0.4, 0.5) is 5.13 Å². The maximum absolute atomic E-state index is 13.2. The van der Waals surface area contributed by atoms with Gasteiger partial charge in [0, 0.05) is 17.1 Å². The fraction of sp³-hybridized carbons (Fsp3) is 0.364. The van der Waals surface area contributed by atoms with Crippen LogP contribution in [0.3, 0.4) is 0 Å². The van der Waals surface area contributed by atoms with Crippen molar-refractivity contribution in [3.63, 3.8) is 0 Å². The third-order valence-electron chi connectivity index (χ3n) is 5.71. The number of hydrogen-bond acceptors (Lipinski definition) is 9. The molecule has 10 heteroatoms. The van der Waals surface area contributed by atoms with Crippen molar-refractivity contribution in [1.29, 1.82) is 0 Å². The number of thioether (sulfide) groups is 1. The summed E-state index contributed by atoms with van der Waals surface area (Å²) in [5.74, 6) is 0.898. The maximum atomic E-state index is 13.2. The highest BCUT2D eigenvalue weighted by atomic mass is 32.2. The molecule has 4 rings (SSSR count). The van der Waals surface area contributed by atoms with Gasteiger partial charge in [0.25, 0.3) is 5.91 Å². The van der Waals surface area contributed by atoms with E-state index in [2.05, 4.69) is 27.9 Å². The smallest absolute Gasteiger partial charge is 0.261 e. The number of thiazole rings is 1. The third kappa shape index (κ3) is 4.94. The summed E-state index contributed by atoms with van der Waals surface area (Å²) in [6.45, 7) is 0.400. The van der Waals surface area contributed by atoms with Crippen molar-refractivity contribution in [3.05, 3.63) is 56.9 Å². The summed E-state index contributed by atoms with van der Waals surface area (Å²) >= 11 is 4.56. The lowest BCUT2D eigenvalue weighted by molar-refractivity contribution is 0.0954. The number of benzene rings is 1. The van der Waals surface area contributed by atoms with Crippen molar-refractivity contribution in [2.45, 2.75) is 42.0 Å². The predicted molar refractivity (Wildman–Crippen MR) is 130 cm³/mol. The van der Waals surface area contributed by atoms with Crippen LogP contribution in [-0.4, -0.2) is 35.5 Å². The van der Waals surface area contributed by atoms with Gasteiger partial charge in [-0.15, -0.1) is 34.4 Å². The van der Waals surface area contributed by atoms with E-state index in [1.54, 1.807) is 25.1 Å². The quantitative estimate of drug-likeness (QED) is 0.225. The first-order valence-electron chi connectivity index (χ1n) is 10.2. The van der Waals surface area contributed by atoms with Gasteiger partial charge in [-0.25, -0.2) is 10.5 Å². The van der Waals surface area contributed by atoms with Crippen LogP contribution < -0.4 is 21.3 Å². The Morgan fingerprint density at radius 1 is 1.28 bits per heavy atom. The molecule has 1 amide bonds. The predicted octanol–water partition coefficient (Wildman–Crippen LogP) is 4.07. The van der Waals surface area contributed by atoms with Crippen molar-refractivity contribution >= 4 is 45.5 Å². The number of fused-ring (bicyclic) bond motifs is 1. The van der Waals surface area contributed by atoms with E-state index in [1.807, 2.05) is 18.4 Å². The number of nitrogens with two attached hydrogens (primary N) is 1. The average molecular weight is 491 g/mol. The third-order valence-corrected chi connectivity index (χ3v) is 8.97. The molecule has 0 fully saturated rings. The monoisotopic (exact) mass is 490 g/mol. The van der Waals surface area contributed by atoms with Crippen LogP contribution in [0.1, 0.15) is 43.6 Å². The van der Waals surface area contributed by atoms with Gasteiger partial charge < -0.3 is 21.0 Å². The van der Waals surface area contributed by atoms with Gasteiger partial charge in [-0.3, -0.25) is 4.79 Å². The summed E-state index contributed by atoms with van der Waals surface area (Å²) in [5.41, 5.74) is 11.6. The Morgan fingerprint density at radius 3 is 2.69 bits per heavy atom. The molecule has 1 aliphatic rings. The summed E-state index contributed by atoms with van der Waals surface area (Å²) in [5, 5.41) is 13.3. The number of ether oxygens (including phenoxy) is 1. The van der Waals surface area contributed by atoms with Crippen LogP contribution in [0.2, 0.25) is 0 Å². The molecule has 0 radical (unpaired) electrons. The molecule has 0 saturated heterocycles. The maximum Gasteiger partial charge on any atom is 0.261 e. The number of amides is 1. The standard InChI is InChI=1S/C22H26N4O3S3/c1-29-15-5-3-12(4-6-15)13-7-14(26-28)9-18-17(8-13)19(32-21(18)30-2)20(27)24-10-16-11-25-22(23)31-16/h3-6,11,13-14,26,28H,7-10H2,1-2H3,(H2,23,25)(H,24,27). The van der Waals surface area contributed by atoms with Crippen molar-refractivity contribution < 1.29 is 14.7 Å². The first-order valence-corrected chi connectivity index (χ1v) is 13.1. The summed E-state index contributed by atoms with van der Waals surface area (Å²) in [4.78, 5) is 18.9. The number of hydrogen-bond donors (Lipinski definition) is 4. The summed E-state index contributed by atoms with van der Waals surface area (Å²) in [7, 11) is 1.65. The molecule has 2 aromatic heterocycles. The zero-order chi connectivity index (χ0) is 22.7. The van der Waals surface area contributed by atoms with E-state index in [-0.39, 0.29) is 17.9 Å². The molecule has 7 nitrogen and oxygen atoms in total. The molecule has 2 unspecified atom stereocenters. The second kappa shape index (κ2) is 10.2. The number of nitrogens with one attached hydrogen (secondary N) is 2. The first kappa shape index (κ1) is 23.1. The highest BCUT2D eigenvalue weighted by molar-refractivity contribution is 8.00. The summed E-state index contributed by atoms with van der Waals surface area (Å²) in [6.07, 6.45) is 5.93. The molecule has 1 aliphatic carbocycles. The van der Waals surface area contributed by atoms with Crippen molar-refractivity contribution in [2.24, 2.45) is 0 Å². The number of aromatic nitrogens is 1. The SMILES string of the molecule is COc1ccc(C2Cc3c(C(=O)NCc4cnc(N)s4)sc(SC)c3CC(NO)C2)cc1. The normalized spacial score (nSPS) is 18.1. The molecule has 2 atom stereocenters. The van der Waals surface area contributed by atoms with Gasteiger partial charge in [-0.1, -0.05) is 12.1 Å². The Morgan fingerprint density at radius 2 is 2.06 bits per heavy atom. The van der Waals surface area contributed by atoms with Crippen LogP contribution in [0.25, 0.3) is 0 Å². The Labute approximate surface area is 199 Å². The minimum atomic E-state index is -0.0834. The number of anilines is 1. The highest BCUT2D eigenvalue weighted by Gasteiger charge is 2.31. The fourth-order valence-electron chi connectivity index (χ4n) is 4.13. The van der Waals surface area contributed by atoms with Gasteiger partial charge in [0.05, 0.1) is 22.7 Å². The second-order valence-electron chi connectivity index (χ2n) is 7.67. The molecule has 0 aliphatic heterocycles. The van der Waals surface area contributed by atoms with Crippen LogP contribution in [0, 0.1) is 0 Å². The number of nitrogen functional groups attached to an aromatic ring is 1. The van der Waals surface area contributed by atoms with Gasteiger partial charge in [0.2, 0.25) is 0 Å². The number of hydroxylamine groups is 1. The van der Waals surface area contributed by atoms with Gasteiger partial charge >= 0.3 is 0 Å². The van der Waals surface area contributed by atoms with Crippen LogP contribution in [0.15, 0.2) is 34.7 Å². The van der Waals surface area contributed by atoms with Crippen molar-refractivity contribution in [1.82, 2.24) is 15.8 Å². The van der Waals surface area contributed by atoms with Crippen LogP contribution in [0.5, 0.6) is 5.75 Å². The summed E-state index contributed by atoms with van der Waals surface area (Å²) < 4.78 is 6.42. The number of carbonyl (C=O) groups is 1. The molecular formula is C22H26N4O3S3. The number of methoxy groups -OCH3 is 1. The van der Waals surface area contributed by atoms with E-state index >= 15 is 0 Å². The molecule has 2 heterocycles. The molecule has 3 aromatic rings. The largest absolute Gasteiger partial charge is 0.497 e. The first-order chi connectivity index (χ1) is 15.5. The molecule has 170 valence electrons. The zero-order valence-corrected chi connectivity index (χ0v) is 20.3. The van der Waals surface area contributed by atoms with Crippen molar-refractivity contribution in [2.75, 3.05) is 19.1 Å². The minimum absolute atomic E-state index is 0.0811. The highest BCUT2D eigenvalue weighted by Crippen LogP contribution is 2.42. The number of nitrogens with zero attached hydrogens (tertiary/aromatic N) is 1. The lowest BCUT2D eigenvalue weighted by Crippen LogP contribution is -2.29. The van der Waals surface area contributed by atoms with Gasteiger partial charge in [-0.2, -0.15) is 0 Å². The average Bonchev–Trinajstić information content (AvgIpc) is 3.33. The molecule has 0 bridgehead atoms. The molecule has 0 spiro atoms. The fourth-order valence-corrected chi connectivity index (χ4v) is 6.80. The number of carbonyl (C=O) groups excluding carboxylic acids is 1. The van der Waals surface area contributed by atoms with E-state index in [4.69, 9.17) is 10.5 Å². The summed E-state index contributed by atoms with van der Waals surface area (Å²) in [6, 6.07) is 7.97. The van der Waals surface area contributed by atoms with Gasteiger partial charge in [0.15, 0.2) is 5.13 Å². The Hall–Kier alpha value is -2.11. The van der Waals surface area contributed by atoms with Gasteiger partial charge in [-0.05, 0) is 60.3 Å². The minimum Gasteiger partial charge on any atom is -0.497 e. The molecule has 1 aromatic carbocycles. The van der Waals surface area contributed by atoms with E-state index in [1.165, 1.54) is 28.2 Å². The molecule has 32 heavy (non-hydrogen) atoms. The van der Waals surface area contributed by atoms with E-state index in [9.17, 15) is 10.0 Å². The topological polar surface area (TPSA) is 110 Å². The number of rotatable bonds is 7. The molecule has 0 saturated carbocycles. The van der Waals surface area contributed by atoms with Crippen LogP contribution >= 0.6 is 34.4 Å². The van der Waals surface area contributed by atoms with Crippen molar-refractivity contribution in [3.8, 4) is 5.75 Å². The Balaban J connectivity index is 1.64. The Bertz CT molecular complexity index is 1080. The lowest BCUT2D eigenvalue weighted by atomic mass is 9.89. The molecular weight excluding hydrogens is 464 g/mol. The molecule has 5 N–H and O–H groups in total. The Kier molecular flexibility index (Phi) is 7.37. The number of thiophene rings is 1. The second-order valence-corrected chi connectivity index (χ2v) is 10.9. The van der Waals surface area contributed by atoms with E-state index in [0.717, 1.165) is 43.7 Å². The van der Waals surface area contributed by atoms with E-state index < -0.39 is 0 Å². The van der Waals surface area contributed by atoms with Crippen LogP contribution in [-0.2, 0) is 19.4 Å². The lowest BCUT2D eigenvalue weighted by Gasteiger charge is -2.20.